The van der Waals surface area contributed by atoms with Gasteiger partial charge in [-0.15, -0.1) is 0 Å². The van der Waals surface area contributed by atoms with Crippen LogP contribution in [0.3, 0.4) is 0 Å². The van der Waals surface area contributed by atoms with Crippen LogP contribution in [-0.2, 0) is 0 Å². The summed E-state index contributed by atoms with van der Waals surface area (Å²) in [6.45, 7) is 6.58. The highest BCUT2D eigenvalue weighted by atomic mass is 15.2. The first-order valence-corrected chi connectivity index (χ1v) is 7.40. The zero-order valence-corrected chi connectivity index (χ0v) is 12.2. The molecule has 2 aromatic heterocycles. The molecule has 1 N–H and O–H groups in total. The lowest BCUT2D eigenvalue weighted by Gasteiger charge is -2.36. The Morgan fingerprint density at radius 2 is 2.35 bits per heavy atom. The lowest BCUT2D eigenvalue weighted by Crippen LogP contribution is -2.36. The molecule has 0 spiro atoms. The minimum Gasteiger partial charge on any atom is -0.296 e. The minimum absolute atomic E-state index is 0.423. The van der Waals surface area contributed by atoms with Crippen LogP contribution >= 0.6 is 0 Å². The van der Waals surface area contributed by atoms with E-state index in [0.29, 0.717) is 12.0 Å². The van der Waals surface area contributed by atoms with Crippen LogP contribution in [0.1, 0.15) is 48.7 Å². The van der Waals surface area contributed by atoms with E-state index in [4.69, 9.17) is 0 Å². The predicted molar refractivity (Wildman–Crippen MR) is 79.5 cm³/mol. The number of aryl methyl sites for hydroxylation is 1. The number of H-pyrrole nitrogens is 1. The number of aromatic nitrogens is 3. The minimum atomic E-state index is 0.423. The molecule has 1 aliphatic heterocycles. The first-order valence-electron chi connectivity index (χ1n) is 7.40. The van der Waals surface area contributed by atoms with Gasteiger partial charge in [-0.25, -0.2) is 0 Å². The molecule has 0 aliphatic carbocycles. The molecular weight excluding hydrogens is 248 g/mol. The van der Waals surface area contributed by atoms with Gasteiger partial charge < -0.3 is 0 Å². The fraction of sp³-hybridized carbons (Fsp3) is 0.500. The van der Waals surface area contributed by atoms with Gasteiger partial charge in [-0.3, -0.25) is 15.0 Å². The van der Waals surface area contributed by atoms with Crippen molar-refractivity contribution in [3.63, 3.8) is 0 Å². The van der Waals surface area contributed by atoms with Crippen molar-refractivity contribution < 1.29 is 0 Å². The van der Waals surface area contributed by atoms with Crippen LogP contribution in [0.2, 0.25) is 0 Å². The zero-order valence-electron chi connectivity index (χ0n) is 12.2. The topological polar surface area (TPSA) is 44.8 Å². The summed E-state index contributed by atoms with van der Waals surface area (Å²) in [4.78, 5) is 6.79. The van der Waals surface area contributed by atoms with Gasteiger partial charge in [0.05, 0.1) is 5.69 Å². The van der Waals surface area contributed by atoms with Gasteiger partial charge in [-0.1, -0.05) is 6.07 Å². The monoisotopic (exact) mass is 270 g/mol. The number of aromatic amines is 1. The highest BCUT2D eigenvalue weighted by molar-refractivity contribution is 5.16. The molecule has 4 nitrogen and oxygen atoms in total. The molecule has 2 aromatic rings. The van der Waals surface area contributed by atoms with Crippen molar-refractivity contribution in [1.29, 1.82) is 0 Å². The number of rotatable bonds is 3. The van der Waals surface area contributed by atoms with Crippen LogP contribution in [0, 0.1) is 6.92 Å². The molecule has 2 atom stereocenters. The van der Waals surface area contributed by atoms with Crippen LogP contribution in [0.15, 0.2) is 30.6 Å². The van der Waals surface area contributed by atoms with Crippen LogP contribution in [0.5, 0.6) is 0 Å². The fourth-order valence-electron chi connectivity index (χ4n) is 3.08. The van der Waals surface area contributed by atoms with Gasteiger partial charge in [0.1, 0.15) is 0 Å². The highest BCUT2D eigenvalue weighted by Gasteiger charge is 2.26. The number of hydrogen-bond acceptors (Lipinski definition) is 3. The average Bonchev–Trinajstić information content (AvgIpc) is 2.94. The van der Waals surface area contributed by atoms with E-state index in [1.165, 1.54) is 24.1 Å². The Hall–Kier alpha value is -1.68. The molecular formula is C16H22N4. The second-order valence-corrected chi connectivity index (χ2v) is 5.77. The fourth-order valence-corrected chi connectivity index (χ4v) is 3.08. The maximum atomic E-state index is 4.44. The van der Waals surface area contributed by atoms with Crippen molar-refractivity contribution in [2.45, 2.75) is 38.6 Å². The van der Waals surface area contributed by atoms with Crippen molar-refractivity contribution in [2.24, 2.45) is 0 Å². The molecule has 0 bridgehead atoms. The summed E-state index contributed by atoms with van der Waals surface area (Å²) in [6.07, 6.45) is 6.29. The molecule has 0 aromatic carbocycles. The summed E-state index contributed by atoms with van der Waals surface area (Å²) in [5.74, 6) is 0.549. The van der Waals surface area contributed by atoms with Crippen LogP contribution in [-0.4, -0.2) is 33.2 Å². The van der Waals surface area contributed by atoms with Crippen molar-refractivity contribution in [3.8, 4) is 0 Å². The first kappa shape index (κ1) is 13.3. The standard InChI is InChI=1S/C16H22N4/c1-12-9-16(19-18-12)15-6-4-8-20(11-15)13(2)14-5-3-7-17-10-14/h3,5,7,9-10,13,15H,4,6,8,11H2,1-2H3,(H,18,19). The largest absolute Gasteiger partial charge is 0.296 e. The first-order chi connectivity index (χ1) is 9.74. The SMILES string of the molecule is Cc1cc(C2CCCN(C(C)c3cccnc3)C2)n[nH]1. The number of nitrogens with zero attached hydrogens (tertiary/aromatic N) is 3. The number of piperidine rings is 1. The number of hydrogen-bond donors (Lipinski definition) is 1. The van der Waals surface area contributed by atoms with E-state index in [-0.39, 0.29) is 0 Å². The molecule has 20 heavy (non-hydrogen) atoms. The smallest absolute Gasteiger partial charge is 0.0668 e. The Morgan fingerprint density at radius 1 is 1.45 bits per heavy atom. The maximum Gasteiger partial charge on any atom is 0.0668 e. The van der Waals surface area contributed by atoms with Crippen LogP contribution in [0.25, 0.3) is 0 Å². The quantitative estimate of drug-likeness (QED) is 0.932. The average molecular weight is 270 g/mol. The zero-order chi connectivity index (χ0) is 13.9. The Morgan fingerprint density at radius 3 is 3.05 bits per heavy atom. The summed E-state index contributed by atoms with van der Waals surface area (Å²) < 4.78 is 0. The molecule has 0 radical (unpaired) electrons. The van der Waals surface area contributed by atoms with Gasteiger partial charge in [0.2, 0.25) is 0 Å². The molecule has 0 amide bonds. The second kappa shape index (κ2) is 5.75. The summed E-state index contributed by atoms with van der Waals surface area (Å²) in [7, 11) is 0. The Labute approximate surface area is 120 Å². The van der Waals surface area contributed by atoms with Gasteiger partial charge >= 0.3 is 0 Å². The Balaban J connectivity index is 1.72. The van der Waals surface area contributed by atoms with Gasteiger partial charge in [-0.05, 0) is 50.9 Å². The van der Waals surface area contributed by atoms with Crippen LogP contribution in [0.4, 0.5) is 0 Å². The Bertz CT molecular complexity index is 549. The predicted octanol–water partition coefficient (Wildman–Crippen LogP) is 3.05. The lowest BCUT2D eigenvalue weighted by molar-refractivity contribution is 0.157. The summed E-state index contributed by atoms with van der Waals surface area (Å²) in [5, 5.41) is 7.51. The van der Waals surface area contributed by atoms with Gasteiger partial charge in [0.15, 0.2) is 0 Å². The van der Waals surface area contributed by atoms with E-state index in [1.807, 2.05) is 18.5 Å². The summed E-state index contributed by atoms with van der Waals surface area (Å²) in [5.41, 5.74) is 3.66. The summed E-state index contributed by atoms with van der Waals surface area (Å²) in [6, 6.07) is 6.79. The van der Waals surface area contributed by atoms with Gasteiger partial charge in [-0.2, -0.15) is 5.10 Å². The number of pyridine rings is 1. The third-order valence-electron chi connectivity index (χ3n) is 4.31. The van der Waals surface area contributed by atoms with Crippen molar-refractivity contribution in [3.05, 3.63) is 47.5 Å². The van der Waals surface area contributed by atoms with E-state index in [2.05, 4.69) is 46.1 Å². The highest BCUT2D eigenvalue weighted by Crippen LogP contribution is 2.31. The Kier molecular flexibility index (Phi) is 3.83. The third kappa shape index (κ3) is 2.75. The summed E-state index contributed by atoms with van der Waals surface area (Å²) >= 11 is 0. The van der Waals surface area contributed by atoms with E-state index < -0.39 is 0 Å². The van der Waals surface area contributed by atoms with Crippen LogP contribution < -0.4 is 0 Å². The lowest BCUT2D eigenvalue weighted by atomic mass is 9.93. The molecule has 1 fully saturated rings. The molecule has 106 valence electrons. The van der Waals surface area contributed by atoms with Crippen molar-refractivity contribution in [1.82, 2.24) is 20.1 Å². The second-order valence-electron chi connectivity index (χ2n) is 5.77. The normalized spacial score (nSPS) is 21.8. The number of nitrogens with one attached hydrogen (secondary N) is 1. The van der Waals surface area contributed by atoms with Gasteiger partial charge in [0, 0.05) is 36.6 Å². The molecule has 2 unspecified atom stereocenters. The van der Waals surface area contributed by atoms with Crippen molar-refractivity contribution in [2.75, 3.05) is 13.1 Å². The maximum absolute atomic E-state index is 4.44. The molecule has 4 heteroatoms. The molecule has 3 rings (SSSR count). The molecule has 1 saturated heterocycles. The van der Waals surface area contributed by atoms with E-state index >= 15 is 0 Å². The van der Waals surface area contributed by atoms with Gasteiger partial charge in [0.25, 0.3) is 0 Å². The van der Waals surface area contributed by atoms with Crippen molar-refractivity contribution >= 4 is 0 Å². The molecule has 0 saturated carbocycles. The molecule has 1 aliphatic rings. The molecule has 3 heterocycles. The van der Waals surface area contributed by atoms with E-state index in [9.17, 15) is 0 Å². The number of likely N-dealkylation sites (tertiary alicyclic amines) is 1. The van der Waals surface area contributed by atoms with E-state index in [0.717, 1.165) is 18.8 Å². The third-order valence-corrected chi connectivity index (χ3v) is 4.31. The van der Waals surface area contributed by atoms with E-state index in [1.54, 1.807) is 0 Å².